The van der Waals surface area contributed by atoms with E-state index in [-0.39, 0.29) is 16.8 Å². The highest BCUT2D eigenvalue weighted by molar-refractivity contribution is 7.85. The minimum absolute atomic E-state index is 0. The summed E-state index contributed by atoms with van der Waals surface area (Å²) in [6.07, 6.45) is 15.5. The normalized spacial score (nSPS) is 15.4. The van der Waals surface area contributed by atoms with Gasteiger partial charge in [-0.05, 0) is 32.1 Å². The van der Waals surface area contributed by atoms with E-state index < -0.39 is 10.1 Å². The topological polar surface area (TPSA) is 112 Å². The molecule has 0 spiro atoms. The van der Waals surface area contributed by atoms with Crippen molar-refractivity contribution in [1.82, 2.24) is 0 Å². The van der Waals surface area contributed by atoms with Crippen LogP contribution in [0.25, 0.3) is 0 Å². The number of hydrogen-bond donors (Lipinski definition) is 2. The standard InChI is InChI=1S/C19H41NO3S.H2O/c1-4-5-6-7-8-9-10-11-12-13-15-18(2)19(3,20)16-14-17-24(21,22)23;/h18H,4-17,20H2,1-3H3,(H,21,22,23);1H2. The first-order valence-corrected chi connectivity index (χ1v) is 11.5. The predicted octanol–water partition coefficient (Wildman–Crippen LogP) is 4.49. The van der Waals surface area contributed by atoms with Crippen LogP contribution in [-0.2, 0) is 10.1 Å². The van der Waals surface area contributed by atoms with Crippen LogP contribution in [0.5, 0.6) is 0 Å². The highest BCUT2D eigenvalue weighted by atomic mass is 32.2. The lowest BCUT2D eigenvalue weighted by Crippen LogP contribution is -2.43. The molecular weight excluding hydrogens is 338 g/mol. The molecule has 5 N–H and O–H groups in total. The van der Waals surface area contributed by atoms with Crippen molar-refractivity contribution in [2.45, 2.75) is 110 Å². The molecule has 0 saturated carbocycles. The van der Waals surface area contributed by atoms with E-state index in [1.165, 1.54) is 64.2 Å². The van der Waals surface area contributed by atoms with E-state index in [0.717, 1.165) is 6.42 Å². The fourth-order valence-corrected chi connectivity index (χ4v) is 3.66. The van der Waals surface area contributed by atoms with Gasteiger partial charge in [-0.15, -0.1) is 0 Å². The Morgan fingerprint density at radius 3 is 1.80 bits per heavy atom. The van der Waals surface area contributed by atoms with Gasteiger partial charge in [0.2, 0.25) is 0 Å². The van der Waals surface area contributed by atoms with Crippen molar-refractivity contribution in [1.29, 1.82) is 0 Å². The molecule has 0 aliphatic heterocycles. The first-order chi connectivity index (χ1) is 11.2. The molecule has 5 nitrogen and oxygen atoms in total. The van der Waals surface area contributed by atoms with Gasteiger partial charge in [-0.1, -0.05) is 78.1 Å². The van der Waals surface area contributed by atoms with Crippen LogP contribution in [0.4, 0.5) is 0 Å². The minimum atomic E-state index is -3.87. The second kappa shape index (κ2) is 14.9. The van der Waals surface area contributed by atoms with Crippen molar-refractivity contribution in [3.8, 4) is 0 Å². The van der Waals surface area contributed by atoms with Crippen LogP contribution in [0.3, 0.4) is 0 Å². The van der Waals surface area contributed by atoms with E-state index >= 15 is 0 Å². The molecule has 0 aliphatic rings. The number of rotatable bonds is 16. The fraction of sp³-hybridized carbons (Fsp3) is 1.00. The predicted molar refractivity (Wildman–Crippen MR) is 107 cm³/mol. The zero-order chi connectivity index (χ0) is 18.5. The molecule has 0 rings (SSSR count). The van der Waals surface area contributed by atoms with Crippen molar-refractivity contribution in [3.63, 3.8) is 0 Å². The average Bonchev–Trinajstić information content (AvgIpc) is 2.47. The summed E-state index contributed by atoms with van der Waals surface area (Å²) in [5.41, 5.74) is 5.98. The van der Waals surface area contributed by atoms with Gasteiger partial charge in [0.25, 0.3) is 10.1 Å². The Kier molecular flexibility index (Phi) is 16.2. The Morgan fingerprint density at radius 1 is 0.920 bits per heavy atom. The van der Waals surface area contributed by atoms with E-state index in [9.17, 15) is 8.42 Å². The van der Waals surface area contributed by atoms with Gasteiger partial charge in [0.1, 0.15) is 0 Å². The second-order valence-corrected chi connectivity index (χ2v) is 9.34. The lowest BCUT2D eigenvalue weighted by Gasteiger charge is -2.32. The van der Waals surface area contributed by atoms with Gasteiger partial charge in [0.15, 0.2) is 0 Å². The van der Waals surface area contributed by atoms with E-state index in [2.05, 4.69) is 13.8 Å². The third kappa shape index (κ3) is 17.0. The van der Waals surface area contributed by atoms with Crippen molar-refractivity contribution >= 4 is 10.1 Å². The van der Waals surface area contributed by atoms with Gasteiger partial charge in [0.05, 0.1) is 5.75 Å². The number of nitrogens with two attached hydrogens (primary N) is 1. The summed E-state index contributed by atoms with van der Waals surface area (Å²) in [6.45, 7) is 6.40. The molecule has 6 heteroatoms. The molecule has 2 atom stereocenters. The summed E-state index contributed by atoms with van der Waals surface area (Å²) >= 11 is 0. The average molecular weight is 382 g/mol. The number of unbranched alkanes of at least 4 members (excludes halogenated alkanes) is 9. The van der Waals surface area contributed by atoms with E-state index in [0.29, 0.717) is 18.8 Å². The molecule has 0 amide bonds. The van der Waals surface area contributed by atoms with Crippen LogP contribution in [0.2, 0.25) is 0 Å². The van der Waals surface area contributed by atoms with Gasteiger partial charge in [-0.3, -0.25) is 4.55 Å². The molecule has 0 aliphatic carbocycles. The maximum atomic E-state index is 10.8. The smallest absolute Gasteiger partial charge is 0.264 e. The number of hydrogen-bond acceptors (Lipinski definition) is 3. The Morgan fingerprint density at radius 2 is 1.36 bits per heavy atom. The highest BCUT2D eigenvalue weighted by Crippen LogP contribution is 2.25. The molecular formula is C19H43NO4S. The Hall–Kier alpha value is -0.170. The van der Waals surface area contributed by atoms with Crippen molar-refractivity contribution in [2.24, 2.45) is 11.7 Å². The van der Waals surface area contributed by atoms with Crippen molar-refractivity contribution in [3.05, 3.63) is 0 Å². The summed E-state index contributed by atoms with van der Waals surface area (Å²) < 4.78 is 30.3. The van der Waals surface area contributed by atoms with Gasteiger partial charge in [-0.2, -0.15) is 8.42 Å². The molecule has 0 aromatic rings. The summed E-state index contributed by atoms with van der Waals surface area (Å²) in [4.78, 5) is 0. The maximum absolute atomic E-state index is 10.8. The van der Waals surface area contributed by atoms with E-state index in [1.807, 2.05) is 6.92 Å². The molecule has 0 saturated heterocycles. The molecule has 25 heavy (non-hydrogen) atoms. The zero-order valence-electron chi connectivity index (χ0n) is 16.7. The van der Waals surface area contributed by atoms with Crippen LogP contribution >= 0.6 is 0 Å². The Bertz CT molecular complexity index is 396. The molecule has 2 unspecified atom stereocenters. The second-order valence-electron chi connectivity index (χ2n) is 7.77. The molecule has 154 valence electrons. The SMILES string of the molecule is CCCCCCCCCCCCC(C)C(C)(N)CCCS(=O)(=O)O.O. The van der Waals surface area contributed by atoms with Gasteiger partial charge >= 0.3 is 0 Å². The fourth-order valence-electron chi connectivity index (χ4n) is 3.15. The summed E-state index contributed by atoms with van der Waals surface area (Å²) in [5.74, 6) is 0.179. The van der Waals surface area contributed by atoms with Gasteiger partial charge in [-0.25, -0.2) is 0 Å². The zero-order valence-corrected chi connectivity index (χ0v) is 17.5. The summed E-state index contributed by atoms with van der Waals surface area (Å²) in [5, 5.41) is 0. The lowest BCUT2D eigenvalue weighted by molar-refractivity contribution is 0.271. The Balaban J connectivity index is 0. The largest absolute Gasteiger partial charge is 0.412 e. The molecule has 0 aromatic heterocycles. The first kappa shape index (κ1) is 27.1. The van der Waals surface area contributed by atoms with Crippen molar-refractivity contribution in [2.75, 3.05) is 5.75 Å². The molecule has 0 heterocycles. The first-order valence-electron chi connectivity index (χ1n) is 9.93. The quantitative estimate of drug-likeness (QED) is 0.303. The third-order valence-corrected chi connectivity index (χ3v) is 6.04. The molecule has 0 fully saturated rings. The lowest BCUT2D eigenvalue weighted by atomic mass is 9.81. The maximum Gasteiger partial charge on any atom is 0.264 e. The van der Waals surface area contributed by atoms with Gasteiger partial charge < -0.3 is 11.2 Å². The third-order valence-electron chi connectivity index (χ3n) is 5.23. The molecule has 0 radical (unpaired) electrons. The van der Waals surface area contributed by atoms with Crippen LogP contribution in [-0.4, -0.2) is 29.7 Å². The Labute approximate surface area is 156 Å². The summed E-state index contributed by atoms with van der Waals surface area (Å²) in [7, 11) is -3.87. The minimum Gasteiger partial charge on any atom is -0.412 e. The molecule has 0 bridgehead atoms. The van der Waals surface area contributed by atoms with Crippen LogP contribution in [0.1, 0.15) is 104 Å². The van der Waals surface area contributed by atoms with Gasteiger partial charge in [0, 0.05) is 5.54 Å². The van der Waals surface area contributed by atoms with Crippen LogP contribution < -0.4 is 5.73 Å². The van der Waals surface area contributed by atoms with E-state index in [1.54, 1.807) is 0 Å². The van der Waals surface area contributed by atoms with E-state index in [4.69, 9.17) is 10.3 Å². The monoisotopic (exact) mass is 381 g/mol. The highest BCUT2D eigenvalue weighted by Gasteiger charge is 2.26. The van der Waals surface area contributed by atoms with Crippen LogP contribution in [0, 0.1) is 5.92 Å². The van der Waals surface area contributed by atoms with Crippen molar-refractivity contribution < 1.29 is 18.4 Å². The molecule has 0 aromatic carbocycles. The summed E-state index contributed by atoms with van der Waals surface area (Å²) in [6, 6.07) is 0. The van der Waals surface area contributed by atoms with Crippen LogP contribution in [0.15, 0.2) is 0 Å².